The maximum absolute atomic E-state index is 11.4. The third kappa shape index (κ3) is 3.62. The largest absolute Gasteiger partial charge is 0.480 e. The standard InChI is InChI=1S/C13H23NO3S/c1-9-11(5-7-17-9)18-8-6-13(2,12(15)16)14-10-3-4-10/h9-11,14H,3-8H2,1-2H3,(H,15,16). The molecule has 3 atom stereocenters. The molecule has 3 unspecified atom stereocenters. The SMILES string of the molecule is CC1OCCC1SCCC(C)(NC1CC1)C(=O)O. The zero-order valence-electron chi connectivity index (χ0n) is 11.1. The fourth-order valence-corrected chi connectivity index (χ4v) is 3.71. The molecule has 5 heteroatoms. The number of thioether (sulfide) groups is 1. The first-order valence-corrected chi connectivity index (χ1v) is 7.80. The van der Waals surface area contributed by atoms with Crippen LogP contribution in [0.5, 0.6) is 0 Å². The van der Waals surface area contributed by atoms with E-state index < -0.39 is 11.5 Å². The van der Waals surface area contributed by atoms with Crippen LogP contribution in [0.2, 0.25) is 0 Å². The number of carboxylic acid groups (broad SMARTS) is 1. The first-order valence-electron chi connectivity index (χ1n) is 6.75. The molecule has 2 fully saturated rings. The lowest BCUT2D eigenvalue weighted by Crippen LogP contribution is -2.51. The first kappa shape index (κ1) is 14.2. The summed E-state index contributed by atoms with van der Waals surface area (Å²) in [5, 5.41) is 13.1. The second-order valence-electron chi connectivity index (χ2n) is 5.58. The first-order chi connectivity index (χ1) is 8.51. The molecule has 0 radical (unpaired) electrons. The Hall–Kier alpha value is -0.260. The van der Waals surface area contributed by atoms with Gasteiger partial charge in [-0.2, -0.15) is 11.8 Å². The minimum atomic E-state index is -0.767. The molecule has 2 rings (SSSR count). The van der Waals surface area contributed by atoms with Crippen molar-refractivity contribution in [2.45, 2.75) is 62.5 Å². The van der Waals surface area contributed by atoms with E-state index in [0.29, 0.717) is 23.8 Å². The highest BCUT2D eigenvalue weighted by atomic mass is 32.2. The summed E-state index contributed by atoms with van der Waals surface area (Å²) >= 11 is 1.86. The molecule has 1 aliphatic heterocycles. The molecular formula is C13H23NO3S. The Morgan fingerprint density at radius 3 is 2.72 bits per heavy atom. The number of carboxylic acids is 1. The van der Waals surface area contributed by atoms with Crippen LogP contribution in [-0.2, 0) is 9.53 Å². The number of aliphatic carboxylic acids is 1. The van der Waals surface area contributed by atoms with E-state index in [4.69, 9.17) is 4.74 Å². The maximum atomic E-state index is 11.4. The lowest BCUT2D eigenvalue weighted by molar-refractivity contribution is -0.144. The molecule has 0 aromatic rings. The third-order valence-corrected chi connectivity index (χ3v) is 5.30. The van der Waals surface area contributed by atoms with Gasteiger partial charge in [-0.1, -0.05) is 0 Å². The van der Waals surface area contributed by atoms with Crippen molar-refractivity contribution in [3.63, 3.8) is 0 Å². The van der Waals surface area contributed by atoms with E-state index in [1.807, 2.05) is 18.7 Å². The predicted molar refractivity (Wildman–Crippen MR) is 73.1 cm³/mol. The fraction of sp³-hybridized carbons (Fsp3) is 0.923. The van der Waals surface area contributed by atoms with Crippen molar-refractivity contribution < 1.29 is 14.6 Å². The Kier molecular flexibility index (Phi) is 4.56. The molecule has 18 heavy (non-hydrogen) atoms. The number of hydrogen-bond donors (Lipinski definition) is 2. The van der Waals surface area contributed by atoms with E-state index in [1.54, 1.807) is 0 Å². The zero-order valence-corrected chi connectivity index (χ0v) is 12.0. The van der Waals surface area contributed by atoms with Crippen molar-refractivity contribution in [1.29, 1.82) is 0 Å². The summed E-state index contributed by atoms with van der Waals surface area (Å²) in [7, 11) is 0. The highest BCUT2D eigenvalue weighted by Gasteiger charge is 2.38. The Balaban J connectivity index is 1.76. The maximum Gasteiger partial charge on any atom is 0.323 e. The van der Waals surface area contributed by atoms with E-state index in [-0.39, 0.29) is 0 Å². The van der Waals surface area contributed by atoms with Crippen LogP contribution in [0.4, 0.5) is 0 Å². The monoisotopic (exact) mass is 273 g/mol. The summed E-state index contributed by atoms with van der Waals surface area (Å²) in [6.45, 7) is 4.75. The highest BCUT2D eigenvalue weighted by Crippen LogP contribution is 2.29. The number of ether oxygens (including phenoxy) is 1. The van der Waals surface area contributed by atoms with Crippen LogP contribution < -0.4 is 5.32 Å². The Morgan fingerprint density at radius 1 is 1.50 bits per heavy atom. The summed E-state index contributed by atoms with van der Waals surface area (Å²) in [5.74, 6) is 0.145. The van der Waals surface area contributed by atoms with Gasteiger partial charge < -0.3 is 9.84 Å². The van der Waals surface area contributed by atoms with E-state index >= 15 is 0 Å². The van der Waals surface area contributed by atoms with Crippen molar-refractivity contribution >= 4 is 17.7 Å². The third-order valence-electron chi connectivity index (χ3n) is 3.81. The highest BCUT2D eigenvalue weighted by molar-refractivity contribution is 7.99. The normalized spacial score (nSPS) is 31.2. The summed E-state index contributed by atoms with van der Waals surface area (Å²) in [6.07, 6.45) is 4.30. The molecular weight excluding hydrogens is 250 g/mol. The lowest BCUT2D eigenvalue weighted by atomic mass is 9.99. The predicted octanol–water partition coefficient (Wildman–Crippen LogP) is 1.88. The Morgan fingerprint density at radius 2 is 2.22 bits per heavy atom. The van der Waals surface area contributed by atoms with E-state index in [0.717, 1.165) is 31.6 Å². The molecule has 0 aromatic carbocycles. The minimum absolute atomic E-state index is 0.308. The van der Waals surface area contributed by atoms with Crippen molar-refractivity contribution in [3.8, 4) is 0 Å². The van der Waals surface area contributed by atoms with Crippen LogP contribution >= 0.6 is 11.8 Å². The summed E-state index contributed by atoms with van der Waals surface area (Å²) < 4.78 is 5.52. The van der Waals surface area contributed by atoms with Crippen LogP contribution in [0.1, 0.15) is 39.5 Å². The molecule has 1 aliphatic carbocycles. The average molecular weight is 273 g/mol. The summed E-state index contributed by atoms with van der Waals surface area (Å²) in [4.78, 5) is 11.4. The molecule has 1 heterocycles. The molecule has 1 saturated carbocycles. The Bertz CT molecular complexity index is 309. The number of nitrogens with one attached hydrogen (secondary N) is 1. The van der Waals surface area contributed by atoms with Gasteiger partial charge in [-0.05, 0) is 45.3 Å². The Labute approximate surface area is 113 Å². The topological polar surface area (TPSA) is 58.6 Å². The van der Waals surface area contributed by atoms with Gasteiger partial charge in [0.2, 0.25) is 0 Å². The van der Waals surface area contributed by atoms with Gasteiger partial charge in [0, 0.05) is 17.9 Å². The molecule has 0 aromatic heterocycles. The van der Waals surface area contributed by atoms with E-state index in [1.165, 1.54) is 0 Å². The van der Waals surface area contributed by atoms with E-state index in [2.05, 4.69) is 12.2 Å². The lowest BCUT2D eigenvalue weighted by Gasteiger charge is -2.27. The molecule has 104 valence electrons. The van der Waals surface area contributed by atoms with Gasteiger partial charge in [0.05, 0.1) is 6.10 Å². The van der Waals surface area contributed by atoms with Crippen molar-refractivity contribution in [3.05, 3.63) is 0 Å². The van der Waals surface area contributed by atoms with Crippen LogP contribution in [0.15, 0.2) is 0 Å². The molecule has 4 nitrogen and oxygen atoms in total. The van der Waals surface area contributed by atoms with Crippen LogP contribution in [-0.4, -0.2) is 46.4 Å². The van der Waals surface area contributed by atoms with Gasteiger partial charge in [-0.15, -0.1) is 0 Å². The van der Waals surface area contributed by atoms with Gasteiger partial charge in [0.25, 0.3) is 0 Å². The molecule has 0 bridgehead atoms. The average Bonchev–Trinajstić information content (AvgIpc) is 3.02. The van der Waals surface area contributed by atoms with Gasteiger partial charge in [0.15, 0.2) is 0 Å². The number of carbonyl (C=O) groups is 1. The molecule has 2 aliphatic rings. The van der Waals surface area contributed by atoms with Gasteiger partial charge in [-0.25, -0.2) is 0 Å². The van der Waals surface area contributed by atoms with Gasteiger partial charge in [0.1, 0.15) is 5.54 Å². The van der Waals surface area contributed by atoms with E-state index in [9.17, 15) is 9.90 Å². The molecule has 1 saturated heterocycles. The van der Waals surface area contributed by atoms with Crippen molar-refractivity contribution in [1.82, 2.24) is 5.32 Å². The number of rotatable bonds is 7. The van der Waals surface area contributed by atoms with Crippen LogP contribution in [0.3, 0.4) is 0 Å². The van der Waals surface area contributed by atoms with Gasteiger partial charge in [-0.3, -0.25) is 10.1 Å². The van der Waals surface area contributed by atoms with Crippen molar-refractivity contribution in [2.75, 3.05) is 12.4 Å². The second-order valence-corrected chi connectivity index (χ2v) is 6.93. The summed E-state index contributed by atoms with van der Waals surface area (Å²) in [5.41, 5.74) is -0.767. The second kappa shape index (κ2) is 5.80. The summed E-state index contributed by atoms with van der Waals surface area (Å²) in [6, 6.07) is 0.421. The van der Waals surface area contributed by atoms with Gasteiger partial charge >= 0.3 is 5.97 Å². The quantitative estimate of drug-likeness (QED) is 0.742. The zero-order chi connectivity index (χ0) is 13.2. The fourth-order valence-electron chi connectivity index (χ4n) is 2.26. The smallest absolute Gasteiger partial charge is 0.323 e. The molecule has 0 spiro atoms. The van der Waals surface area contributed by atoms with Crippen molar-refractivity contribution in [2.24, 2.45) is 0 Å². The minimum Gasteiger partial charge on any atom is -0.480 e. The van der Waals surface area contributed by atoms with Crippen LogP contribution in [0.25, 0.3) is 0 Å². The molecule has 2 N–H and O–H groups in total. The molecule has 0 amide bonds. The number of hydrogen-bond acceptors (Lipinski definition) is 4. The van der Waals surface area contributed by atoms with Crippen LogP contribution in [0, 0.1) is 0 Å².